The minimum absolute atomic E-state index is 0.0435. The van der Waals surface area contributed by atoms with Gasteiger partial charge in [0.15, 0.2) is 0 Å². The molecule has 1 aromatic heterocycles. The van der Waals surface area contributed by atoms with Crippen LogP contribution >= 0.6 is 22.6 Å². The number of benzene rings is 1. The summed E-state index contributed by atoms with van der Waals surface area (Å²) in [5.74, 6) is 0. The van der Waals surface area contributed by atoms with Crippen LogP contribution in [0.3, 0.4) is 0 Å². The predicted octanol–water partition coefficient (Wildman–Crippen LogP) is 3.46. The highest BCUT2D eigenvalue weighted by Crippen LogP contribution is 2.23. The summed E-state index contributed by atoms with van der Waals surface area (Å²) in [6.45, 7) is 6.32. The van der Waals surface area contributed by atoms with Gasteiger partial charge in [0.2, 0.25) is 0 Å². The Morgan fingerprint density at radius 3 is 2.61 bits per heavy atom. The zero-order chi connectivity index (χ0) is 13.2. The second-order valence-electron chi connectivity index (χ2n) is 5.02. The Bertz CT molecular complexity index is 566. The van der Waals surface area contributed by atoms with E-state index in [-0.39, 0.29) is 5.41 Å². The SMILES string of the molecule is CC(C)(C)c1n[nH]nc1C=Nc1ccccc1I. The number of rotatable bonds is 2. The fourth-order valence-electron chi connectivity index (χ4n) is 1.57. The first-order valence-electron chi connectivity index (χ1n) is 5.68. The molecule has 0 aliphatic carbocycles. The molecule has 0 unspecified atom stereocenters. The number of hydrogen-bond donors (Lipinski definition) is 1. The van der Waals surface area contributed by atoms with E-state index in [2.05, 4.69) is 63.8 Å². The van der Waals surface area contributed by atoms with Gasteiger partial charge in [0.05, 0.1) is 17.6 Å². The monoisotopic (exact) mass is 354 g/mol. The van der Waals surface area contributed by atoms with E-state index in [1.54, 1.807) is 6.21 Å². The lowest BCUT2D eigenvalue weighted by atomic mass is 9.91. The highest BCUT2D eigenvalue weighted by atomic mass is 127. The van der Waals surface area contributed by atoms with Crippen molar-refractivity contribution in [1.82, 2.24) is 15.4 Å². The number of para-hydroxylation sites is 1. The Morgan fingerprint density at radius 2 is 1.94 bits per heavy atom. The summed E-state index contributed by atoms with van der Waals surface area (Å²) in [4.78, 5) is 4.47. The van der Waals surface area contributed by atoms with Crippen LogP contribution < -0.4 is 0 Å². The van der Waals surface area contributed by atoms with Gasteiger partial charge in [-0.15, -0.1) is 0 Å². The Kier molecular flexibility index (Phi) is 3.79. The summed E-state index contributed by atoms with van der Waals surface area (Å²) in [5, 5.41) is 11.0. The summed E-state index contributed by atoms with van der Waals surface area (Å²) in [6, 6.07) is 7.98. The zero-order valence-corrected chi connectivity index (χ0v) is 12.8. The average Bonchev–Trinajstić information content (AvgIpc) is 2.76. The molecule has 0 spiro atoms. The van der Waals surface area contributed by atoms with Crippen molar-refractivity contribution in [2.45, 2.75) is 26.2 Å². The quantitative estimate of drug-likeness (QED) is 0.663. The van der Waals surface area contributed by atoms with Crippen molar-refractivity contribution < 1.29 is 0 Å². The third-order valence-electron chi connectivity index (χ3n) is 2.46. The maximum atomic E-state index is 4.47. The van der Waals surface area contributed by atoms with E-state index in [1.807, 2.05) is 24.3 Å². The van der Waals surface area contributed by atoms with Gasteiger partial charge >= 0.3 is 0 Å². The topological polar surface area (TPSA) is 53.9 Å². The van der Waals surface area contributed by atoms with Crippen LogP contribution in [0.25, 0.3) is 0 Å². The molecule has 1 aromatic carbocycles. The van der Waals surface area contributed by atoms with E-state index in [9.17, 15) is 0 Å². The first kappa shape index (κ1) is 13.2. The van der Waals surface area contributed by atoms with Gasteiger partial charge in [-0.05, 0) is 34.7 Å². The lowest BCUT2D eigenvalue weighted by molar-refractivity contribution is 0.566. The number of nitrogens with zero attached hydrogens (tertiary/aromatic N) is 3. The summed E-state index contributed by atoms with van der Waals surface area (Å²) in [7, 11) is 0. The van der Waals surface area contributed by atoms with E-state index < -0.39 is 0 Å². The van der Waals surface area contributed by atoms with Crippen molar-refractivity contribution in [3.05, 3.63) is 39.2 Å². The molecule has 2 rings (SSSR count). The van der Waals surface area contributed by atoms with Crippen LogP contribution in [-0.4, -0.2) is 21.6 Å². The smallest absolute Gasteiger partial charge is 0.127 e. The summed E-state index contributed by atoms with van der Waals surface area (Å²) in [6.07, 6.45) is 1.77. The van der Waals surface area contributed by atoms with Crippen molar-refractivity contribution in [3.63, 3.8) is 0 Å². The molecule has 94 valence electrons. The van der Waals surface area contributed by atoms with Gasteiger partial charge in [0.1, 0.15) is 5.69 Å². The number of aliphatic imine (C=N–C) groups is 1. The van der Waals surface area contributed by atoms with Gasteiger partial charge in [0.25, 0.3) is 0 Å². The first-order valence-corrected chi connectivity index (χ1v) is 6.76. The lowest BCUT2D eigenvalue weighted by Crippen LogP contribution is -2.14. The molecule has 0 saturated heterocycles. The highest BCUT2D eigenvalue weighted by molar-refractivity contribution is 14.1. The Hall–Kier alpha value is -1.24. The van der Waals surface area contributed by atoms with Gasteiger partial charge in [-0.3, -0.25) is 4.99 Å². The Labute approximate surface area is 120 Å². The van der Waals surface area contributed by atoms with E-state index in [0.29, 0.717) is 0 Å². The molecule has 0 amide bonds. The maximum absolute atomic E-state index is 4.47. The Morgan fingerprint density at radius 1 is 1.22 bits per heavy atom. The van der Waals surface area contributed by atoms with Crippen molar-refractivity contribution >= 4 is 34.5 Å². The Balaban J connectivity index is 2.31. The van der Waals surface area contributed by atoms with Crippen LogP contribution in [0.5, 0.6) is 0 Å². The summed E-state index contributed by atoms with van der Waals surface area (Å²) < 4.78 is 1.12. The largest absolute Gasteiger partial charge is 0.253 e. The molecule has 0 aliphatic heterocycles. The van der Waals surface area contributed by atoms with E-state index >= 15 is 0 Å². The number of nitrogens with one attached hydrogen (secondary N) is 1. The van der Waals surface area contributed by atoms with Crippen molar-refractivity contribution in [2.75, 3.05) is 0 Å². The number of H-pyrrole nitrogens is 1. The minimum Gasteiger partial charge on any atom is -0.253 e. The molecule has 18 heavy (non-hydrogen) atoms. The van der Waals surface area contributed by atoms with E-state index in [1.165, 1.54) is 0 Å². The summed E-state index contributed by atoms with van der Waals surface area (Å²) in [5.41, 5.74) is 2.62. The van der Waals surface area contributed by atoms with Gasteiger partial charge in [-0.2, -0.15) is 15.4 Å². The third kappa shape index (κ3) is 2.95. The van der Waals surface area contributed by atoms with Gasteiger partial charge < -0.3 is 0 Å². The van der Waals surface area contributed by atoms with Crippen LogP contribution in [0.15, 0.2) is 29.3 Å². The van der Waals surface area contributed by atoms with Crippen molar-refractivity contribution in [2.24, 2.45) is 4.99 Å². The van der Waals surface area contributed by atoms with Gasteiger partial charge in [-0.1, -0.05) is 32.9 Å². The molecule has 4 nitrogen and oxygen atoms in total. The molecule has 0 bridgehead atoms. The first-order chi connectivity index (χ1) is 8.48. The fourth-order valence-corrected chi connectivity index (χ4v) is 2.09. The zero-order valence-electron chi connectivity index (χ0n) is 10.6. The van der Waals surface area contributed by atoms with Crippen LogP contribution in [0.4, 0.5) is 5.69 Å². The van der Waals surface area contributed by atoms with Gasteiger partial charge in [0, 0.05) is 8.99 Å². The predicted molar refractivity (Wildman–Crippen MR) is 81.5 cm³/mol. The molecule has 0 aliphatic rings. The molecular formula is C13H15IN4. The van der Waals surface area contributed by atoms with E-state index in [0.717, 1.165) is 20.6 Å². The number of halogens is 1. The van der Waals surface area contributed by atoms with Crippen LogP contribution in [0, 0.1) is 3.57 Å². The average molecular weight is 354 g/mol. The van der Waals surface area contributed by atoms with E-state index in [4.69, 9.17) is 0 Å². The molecule has 2 aromatic rings. The maximum Gasteiger partial charge on any atom is 0.127 e. The van der Waals surface area contributed by atoms with Crippen LogP contribution in [0.2, 0.25) is 0 Å². The molecule has 1 heterocycles. The molecule has 0 saturated carbocycles. The fraction of sp³-hybridized carbons (Fsp3) is 0.308. The second kappa shape index (κ2) is 5.17. The second-order valence-corrected chi connectivity index (χ2v) is 6.18. The highest BCUT2D eigenvalue weighted by Gasteiger charge is 2.21. The standard InChI is InChI=1S/C13H15IN4/c1-13(2,3)12-11(16-18-17-12)8-15-10-7-5-4-6-9(10)14/h4-8H,1-3H3,(H,16,17,18). The van der Waals surface area contributed by atoms with Gasteiger partial charge in [-0.25, -0.2) is 0 Å². The number of aromatic nitrogens is 3. The normalized spacial score (nSPS) is 12.2. The molecular weight excluding hydrogens is 339 g/mol. The summed E-state index contributed by atoms with van der Waals surface area (Å²) >= 11 is 2.27. The molecule has 0 fully saturated rings. The van der Waals surface area contributed by atoms with Crippen molar-refractivity contribution in [1.29, 1.82) is 0 Å². The molecule has 0 atom stereocenters. The molecule has 5 heteroatoms. The van der Waals surface area contributed by atoms with Crippen molar-refractivity contribution in [3.8, 4) is 0 Å². The number of aromatic amines is 1. The molecule has 0 radical (unpaired) electrons. The minimum atomic E-state index is -0.0435. The molecule has 1 N–H and O–H groups in total. The number of hydrogen-bond acceptors (Lipinski definition) is 3. The van der Waals surface area contributed by atoms with Crippen LogP contribution in [0.1, 0.15) is 32.2 Å². The van der Waals surface area contributed by atoms with Crippen LogP contribution in [-0.2, 0) is 5.41 Å². The lowest BCUT2D eigenvalue weighted by Gasteiger charge is -2.14. The third-order valence-corrected chi connectivity index (χ3v) is 3.38.